The Morgan fingerprint density at radius 3 is 2.24 bits per heavy atom. The standard InChI is InChI=1S/C18H35N5OS/c1-18(2,25-4)15-20-17(19-3)23-12-10-21(11-13-23)14-16(24)22-8-6-5-7-9-22/h5-15H2,1-4H3,(H,19,20). The molecule has 0 aliphatic carbocycles. The maximum atomic E-state index is 12.4. The lowest BCUT2D eigenvalue weighted by atomic mass is 10.1. The highest BCUT2D eigenvalue weighted by atomic mass is 32.2. The predicted octanol–water partition coefficient (Wildman–Crippen LogP) is 1.33. The second-order valence-electron chi connectivity index (χ2n) is 7.57. The van der Waals surface area contributed by atoms with E-state index in [0.29, 0.717) is 12.5 Å². The summed E-state index contributed by atoms with van der Waals surface area (Å²) in [7, 11) is 1.85. The summed E-state index contributed by atoms with van der Waals surface area (Å²) in [5, 5.41) is 3.50. The second-order valence-corrected chi connectivity index (χ2v) is 9.08. The van der Waals surface area contributed by atoms with Crippen molar-refractivity contribution in [2.75, 3.05) is 65.7 Å². The van der Waals surface area contributed by atoms with E-state index in [4.69, 9.17) is 0 Å². The number of carbonyl (C=O) groups excluding carboxylic acids is 1. The van der Waals surface area contributed by atoms with E-state index in [0.717, 1.165) is 64.6 Å². The molecule has 0 aromatic carbocycles. The fraction of sp³-hybridized carbons (Fsp3) is 0.889. The monoisotopic (exact) mass is 369 g/mol. The molecule has 144 valence electrons. The maximum Gasteiger partial charge on any atom is 0.236 e. The van der Waals surface area contributed by atoms with E-state index in [1.807, 2.05) is 23.7 Å². The molecule has 2 aliphatic rings. The minimum Gasteiger partial charge on any atom is -0.355 e. The molecule has 0 atom stereocenters. The summed E-state index contributed by atoms with van der Waals surface area (Å²) in [6, 6.07) is 0. The number of carbonyl (C=O) groups is 1. The van der Waals surface area contributed by atoms with Crippen LogP contribution < -0.4 is 5.32 Å². The molecule has 0 bridgehead atoms. The normalized spacial score (nSPS) is 20.7. The third kappa shape index (κ3) is 6.37. The van der Waals surface area contributed by atoms with Crippen molar-refractivity contribution in [3.8, 4) is 0 Å². The lowest BCUT2D eigenvalue weighted by molar-refractivity contribution is -0.133. The number of piperidine rings is 1. The molecular formula is C18H35N5OS. The first-order chi connectivity index (χ1) is 11.9. The van der Waals surface area contributed by atoms with Crippen LogP contribution in [0, 0.1) is 0 Å². The summed E-state index contributed by atoms with van der Waals surface area (Å²) in [5.74, 6) is 1.28. The van der Waals surface area contributed by atoms with Crippen molar-refractivity contribution in [2.45, 2.75) is 37.9 Å². The summed E-state index contributed by atoms with van der Waals surface area (Å²) in [6.45, 7) is 11.5. The van der Waals surface area contributed by atoms with Crippen molar-refractivity contribution in [2.24, 2.45) is 4.99 Å². The largest absolute Gasteiger partial charge is 0.355 e. The Labute approximate surface area is 157 Å². The van der Waals surface area contributed by atoms with Gasteiger partial charge in [0.2, 0.25) is 5.91 Å². The van der Waals surface area contributed by atoms with Gasteiger partial charge < -0.3 is 15.1 Å². The van der Waals surface area contributed by atoms with Crippen LogP contribution in [-0.4, -0.2) is 97.0 Å². The molecule has 1 amide bonds. The molecule has 2 rings (SSSR count). The molecule has 2 fully saturated rings. The van der Waals surface area contributed by atoms with Gasteiger partial charge in [0.1, 0.15) is 0 Å². The Bertz CT molecular complexity index is 454. The van der Waals surface area contributed by atoms with Crippen molar-refractivity contribution in [1.82, 2.24) is 20.0 Å². The fourth-order valence-corrected chi connectivity index (χ4v) is 3.47. The lowest BCUT2D eigenvalue weighted by Gasteiger charge is -2.38. The molecule has 7 heteroatoms. The number of hydrogen-bond acceptors (Lipinski definition) is 4. The highest BCUT2D eigenvalue weighted by molar-refractivity contribution is 7.99. The van der Waals surface area contributed by atoms with Crippen LogP contribution in [0.25, 0.3) is 0 Å². The summed E-state index contributed by atoms with van der Waals surface area (Å²) < 4.78 is 0.193. The third-order valence-electron chi connectivity index (χ3n) is 5.18. The number of rotatable bonds is 5. The Morgan fingerprint density at radius 1 is 1.04 bits per heavy atom. The number of hydrogen-bond donors (Lipinski definition) is 1. The van der Waals surface area contributed by atoms with Crippen LogP contribution in [0.4, 0.5) is 0 Å². The Morgan fingerprint density at radius 2 is 1.68 bits per heavy atom. The molecule has 2 saturated heterocycles. The zero-order valence-electron chi connectivity index (χ0n) is 16.4. The van der Waals surface area contributed by atoms with Crippen LogP contribution in [0.2, 0.25) is 0 Å². The van der Waals surface area contributed by atoms with Gasteiger partial charge in [-0.25, -0.2) is 0 Å². The van der Waals surface area contributed by atoms with Gasteiger partial charge in [-0.1, -0.05) is 0 Å². The van der Waals surface area contributed by atoms with Gasteiger partial charge in [-0.3, -0.25) is 14.7 Å². The van der Waals surface area contributed by atoms with E-state index < -0.39 is 0 Å². The van der Waals surface area contributed by atoms with Crippen LogP contribution in [0.5, 0.6) is 0 Å². The smallest absolute Gasteiger partial charge is 0.236 e. The number of thioether (sulfide) groups is 1. The molecule has 2 aliphatic heterocycles. The molecule has 0 unspecified atom stereocenters. The van der Waals surface area contributed by atoms with Crippen molar-refractivity contribution >= 4 is 23.6 Å². The van der Waals surface area contributed by atoms with Crippen LogP contribution in [0.1, 0.15) is 33.1 Å². The predicted molar refractivity (Wildman–Crippen MR) is 107 cm³/mol. The average molecular weight is 370 g/mol. The number of piperazine rings is 1. The zero-order valence-corrected chi connectivity index (χ0v) is 17.2. The third-order valence-corrected chi connectivity index (χ3v) is 6.43. The van der Waals surface area contributed by atoms with E-state index in [2.05, 4.69) is 40.2 Å². The molecule has 25 heavy (non-hydrogen) atoms. The maximum absolute atomic E-state index is 12.4. The molecule has 0 spiro atoms. The first kappa shape index (κ1) is 20.4. The van der Waals surface area contributed by atoms with Crippen LogP contribution >= 0.6 is 11.8 Å². The molecule has 1 N–H and O–H groups in total. The van der Waals surface area contributed by atoms with E-state index in [1.165, 1.54) is 6.42 Å². The molecule has 0 aromatic heterocycles. The SMILES string of the molecule is CN=C(NCC(C)(C)SC)N1CCN(CC(=O)N2CCCCC2)CC1. The summed E-state index contributed by atoms with van der Waals surface area (Å²) in [6.07, 6.45) is 5.73. The number of guanidine groups is 1. The molecule has 0 aromatic rings. The topological polar surface area (TPSA) is 51.2 Å². The zero-order chi connectivity index (χ0) is 18.3. The van der Waals surface area contributed by atoms with Crippen molar-refractivity contribution < 1.29 is 4.79 Å². The van der Waals surface area contributed by atoms with Crippen molar-refractivity contribution in [3.63, 3.8) is 0 Å². The van der Waals surface area contributed by atoms with Gasteiger partial charge >= 0.3 is 0 Å². The first-order valence-electron chi connectivity index (χ1n) is 9.46. The minimum atomic E-state index is 0.193. The van der Waals surface area contributed by atoms with E-state index in [-0.39, 0.29) is 4.75 Å². The van der Waals surface area contributed by atoms with E-state index in [9.17, 15) is 4.79 Å². The van der Waals surface area contributed by atoms with Gasteiger partial charge in [0.15, 0.2) is 5.96 Å². The number of amides is 1. The number of nitrogens with one attached hydrogen (secondary N) is 1. The van der Waals surface area contributed by atoms with Gasteiger partial charge in [-0.15, -0.1) is 0 Å². The average Bonchev–Trinajstić information content (AvgIpc) is 2.64. The van der Waals surface area contributed by atoms with Crippen molar-refractivity contribution in [3.05, 3.63) is 0 Å². The molecule has 6 nitrogen and oxygen atoms in total. The Balaban J connectivity index is 1.75. The Kier molecular flexibility index (Phi) is 7.87. The molecule has 2 heterocycles. The lowest BCUT2D eigenvalue weighted by Crippen LogP contribution is -2.55. The summed E-state index contributed by atoms with van der Waals surface area (Å²) in [4.78, 5) is 23.5. The quantitative estimate of drug-likeness (QED) is 0.585. The molecule has 0 saturated carbocycles. The van der Waals surface area contributed by atoms with Gasteiger partial charge in [0.25, 0.3) is 0 Å². The second kappa shape index (κ2) is 9.67. The summed E-state index contributed by atoms with van der Waals surface area (Å²) >= 11 is 1.86. The number of nitrogens with zero attached hydrogens (tertiary/aromatic N) is 4. The molecular weight excluding hydrogens is 334 g/mol. The van der Waals surface area contributed by atoms with Gasteiger partial charge in [0.05, 0.1) is 6.54 Å². The van der Waals surface area contributed by atoms with Gasteiger partial charge in [0, 0.05) is 57.6 Å². The molecule has 0 radical (unpaired) electrons. The van der Waals surface area contributed by atoms with Crippen LogP contribution in [-0.2, 0) is 4.79 Å². The van der Waals surface area contributed by atoms with Gasteiger partial charge in [-0.2, -0.15) is 11.8 Å². The summed E-state index contributed by atoms with van der Waals surface area (Å²) in [5.41, 5.74) is 0. The fourth-order valence-electron chi connectivity index (χ4n) is 3.25. The number of likely N-dealkylation sites (tertiary alicyclic amines) is 1. The van der Waals surface area contributed by atoms with Gasteiger partial charge in [-0.05, 0) is 39.4 Å². The van der Waals surface area contributed by atoms with Crippen LogP contribution in [0.15, 0.2) is 4.99 Å². The minimum absolute atomic E-state index is 0.193. The first-order valence-corrected chi connectivity index (χ1v) is 10.7. The Hall–Kier alpha value is -0.950. The van der Waals surface area contributed by atoms with Crippen molar-refractivity contribution in [1.29, 1.82) is 0 Å². The highest BCUT2D eigenvalue weighted by Crippen LogP contribution is 2.19. The highest BCUT2D eigenvalue weighted by Gasteiger charge is 2.25. The van der Waals surface area contributed by atoms with Crippen LogP contribution in [0.3, 0.4) is 0 Å². The van der Waals surface area contributed by atoms with E-state index in [1.54, 1.807) is 0 Å². The van der Waals surface area contributed by atoms with E-state index >= 15 is 0 Å². The number of aliphatic imine (C=N–C) groups is 1.